The molecule has 0 aromatic carbocycles. The van der Waals surface area contributed by atoms with Gasteiger partial charge in [-0.05, 0) is 25.0 Å². The van der Waals surface area contributed by atoms with Crippen molar-refractivity contribution >= 4 is 5.97 Å². The van der Waals surface area contributed by atoms with Crippen LogP contribution in [0.15, 0.2) is 30.7 Å². The number of ether oxygens (including phenoxy) is 1. The second kappa shape index (κ2) is 7.00. The number of carboxylic acids is 1. The Morgan fingerprint density at radius 3 is 2.88 bits per heavy atom. The molecule has 3 aromatic heterocycles. The monoisotopic (exact) mass is 355 g/mol. The number of nitrogens with zero attached hydrogens (tertiary/aromatic N) is 7. The van der Waals surface area contributed by atoms with Crippen LogP contribution < -0.4 is 0 Å². The first-order valence-electron chi connectivity index (χ1n) is 8.28. The predicted octanol–water partition coefficient (Wildman–Crippen LogP) is 1.03. The number of aromatic nitrogens is 7. The molecule has 0 bridgehead atoms. The van der Waals surface area contributed by atoms with E-state index in [2.05, 4.69) is 25.6 Å². The Morgan fingerprint density at radius 2 is 2.08 bits per heavy atom. The maximum atomic E-state index is 11.3. The van der Waals surface area contributed by atoms with E-state index in [1.165, 1.54) is 6.20 Å². The molecule has 1 saturated heterocycles. The highest BCUT2D eigenvalue weighted by Gasteiger charge is 2.18. The third-order valence-electron chi connectivity index (χ3n) is 4.27. The average molecular weight is 355 g/mol. The Labute approximate surface area is 148 Å². The number of aromatic carboxylic acids is 1. The SMILES string of the molecule is O=C(O)c1ncccc1-c1cn(Cc2cn(C3CCOCC3)nn2)nn1. The number of carboxylic acid groups (broad SMARTS) is 1. The molecule has 0 saturated carbocycles. The summed E-state index contributed by atoms with van der Waals surface area (Å²) in [6.45, 7) is 1.88. The first-order valence-corrected chi connectivity index (χ1v) is 8.28. The maximum Gasteiger partial charge on any atom is 0.355 e. The largest absolute Gasteiger partial charge is 0.476 e. The summed E-state index contributed by atoms with van der Waals surface area (Å²) >= 11 is 0. The van der Waals surface area contributed by atoms with E-state index in [1.54, 1.807) is 23.0 Å². The Bertz CT molecular complexity index is 914. The molecule has 4 rings (SSSR count). The van der Waals surface area contributed by atoms with Crippen molar-refractivity contribution in [2.24, 2.45) is 0 Å². The molecule has 0 spiro atoms. The fourth-order valence-electron chi connectivity index (χ4n) is 2.96. The van der Waals surface area contributed by atoms with Crippen LogP contribution in [0.25, 0.3) is 11.3 Å². The van der Waals surface area contributed by atoms with E-state index in [4.69, 9.17) is 4.74 Å². The standard InChI is InChI=1S/C16H17N7O3/c24-16(25)15-13(2-1-5-17-15)14-10-22(20-19-14)8-11-9-23(21-18-11)12-3-6-26-7-4-12/h1-2,5,9-10,12H,3-4,6-8H2,(H,24,25). The van der Waals surface area contributed by atoms with E-state index >= 15 is 0 Å². The van der Waals surface area contributed by atoms with Gasteiger partial charge in [0.1, 0.15) is 11.4 Å². The molecular weight excluding hydrogens is 338 g/mol. The molecule has 1 N–H and O–H groups in total. The van der Waals surface area contributed by atoms with Gasteiger partial charge in [-0.2, -0.15) is 0 Å². The Kier molecular flexibility index (Phi) is 4.40. The van der Waals surface area contributed by atoms with E-state index in [0.29, 0.717) is 23.8 Å². The van der Waals surface area contributed by atoms with Crippen LogP contribution in [0.1, 0.15) is 35.1 Å². The molecule has 0 atom stereocenters. The maximum absolute atomic E-state index is 11.3. The molecule has 1 fully saturated rings. The lowest BCUT2D eigenvalue weighted by molar-refractivity contribution is 0.0657. The van der Waals surface area contributed by atoms with Gasteiger partial charge in [0.05, 0.1) is 25.0 Å². The van der Waals surface area contributed by atoms with Crippen molar-refractivity contribution in [3.8, 4) is 11.3 Å². The number of hydrogen-bond acceptors (Lipinski definition) is 7. The topological polar surface area (TPSA) is 121 Å². The van der Waals surface area contributed by atoms with Crippen LogP contribution in [0.5, 0.6) is 0 Å². The molecule has 10 heteroatoms. The quantitative estimate of drug-likeness (QED) is 0.720. The molecule has 0 radical (unpaired) electrons. The van der Waals surface area contributed by atoms with E-state index in [9.17, 15) is 9.90 Å². The average Bonchev–Trinajstić information content (AvgIpc) is 3.32. The lowest BCUT2D eigenvalue weighted by Gasteiger charge is -2.21. The first kappa shape index (κ1) is 16.3. The normalized spacial score (nSPS) is 15.2. The van der Waals surface area contributed by atoms with Gasteiger partial charge in [0.2, 0.25) is 0 Å². The van der Waals surface area contributed by atoms with Crippen LogP contribution in [0, 0.1) is 0 Å². The molecule has 0 amide bonds. The van der Waals surface area contributed by atoms with Gasteiger partial charge in [0.15, 0.2) is 5.69 Å². The van der Waals surface area contributed by atoms with E-state index < -0.39 is 5.97 Å². The molecule has 10 nitrogen and oxygen atoms in total. The molecule has 3 aromatic rings. The summed E-state index contributed by atoms with van der Waals surface area (Å²) in [5, 5.41) is 25.8. The van der Waals surface area contributed by atoms with Crippen molar-refractivity contribution in [2.75, 3.05) is 13.2 Å². The van der Waals surface area contributed by atoms with Crippen LogP contribution in [0.2, 0.25) is 0 Å². The van der Waals surface area contributed by atoms with Crippen LogP contribution in [-0.2, 0) is 11.3 Å². The van der Waals surface area contributed by atoms with Crippen LogP contribution >= 0.6 is 0 Å². The summed E-state index contributed by atoms with van der Waals surface area (Å²) in [7, 11) is 0. The Morgan fingerprint density at radius 1 is 1.23 bits per heavy atom. The smallest absolute Gasteiger partial charge is 0.355 e. The highest BCUT2D eigenvalue weighted by molar-refractivity contribution is 5.93. The molecule has 26 heavy (non-hydrogen) atoms. The number of hydrogen-bond donors (Lipinski definition) is 1. The highest BCUT2D eigenvalue weighted by atomic mass is 16.5. The number of carbonyl (C=O) groups is 1. The Balaban J connectivity index is 1.51. The number of rotatable bonds is 5. The van der Waals surface area contributed by atoms with E-state index in [0.717, 1.165) is 31.7 Å². The van der Waals surface area contributed by atoms with Crippen molar-refractivity contribution in [3.05, 3.63) is 42.1 Å². The predicted molar refractivity (Wildman–Crippen MR) is 88.4 cm³/mol. The van der Waals surface area contributed by atoms with E-state index in [1.807, 2.05) is 10.9 Å². The lowest BCUT2D eigenvalue weighted by atomic mass is 10.1. The van der Waals surface area contributed by atoms with Gasteiger partial charge in [-0.25, -0.2) is 19.1 Å². The minimum atomic E-state index is -1.10. The summed E-state index contributed by atoms with van der Waals surface area (Å²) < 4.78 is 8.84. The van der Waals surface area contributed by atoms with Crippen LogP contribution in [0.3, 0.4) is 0 Å². The fourth-order valence-corrected chi connectivity index (χ4v) is 2.96. The van der Waals surface area contributed by atoms with Crippen molar-refractivity contribution in [1.82, 2.24) is 35.0 Å². The third kappa shape index (κ3) is 3.31. The van der Waals surface area contributed by atoms with Crippen LogP contribution in [-0.4, -0.2) is 59.3 Å². The first-order chi connectivity index (χ1) is 12.7. The van der Waals surface area contributed by atoms with Crippen molar-refractivity contribution in [3.63, 3.8) is 0 Å². The Hall–Kier alpha value is -3.14. The van der Waals surface area contributed by atoms with Gasteiger partial charge in [0, 0.05) is 25.0 Å². The van der Waals surface area contributed by atoms with Gasteiger partial charge < -0.3 is 9.84 Å². The molecule has 0 unspecified atom stereocenters. The highest BCUT2D eigenvalue weighted by Crippen LogP contribution is 2.21. The zero-order valence-corrected chi connectivity index (χ0v) is 13.9. The second-order valence-corrected chi connectivity index (χ2v) is 6.04. The minimum absolute atomic E-state index is 0.0509. The summed E-state index contributed by atoms with van der Waals surface area (Å²) in [6.07, 6.45) is 6.87. The molecule has 1 aliphatic heterocycles. The summed E-state index contributed by atoms with van der Waals surface area (Å²) in [5.74, 6) is -1.10. The van der Waals surface area contributed by atoms with Gasteiger partial charge in [-0.1, -0.05) is 10.4 Å². The third-order valence-corrected chi connectivity index (χ3v) is 4.27. The van der Waals surface area contributed by atoms with E-state index in [-0.39, 0.29) is 5.69 Å². The van der Waals surface area contributed by atoms with Crippen molar-refractivity contribution in [2.45, 2.75) is 25.4 Å². The van der Waals surface area contributed by atoms with Crippen LogP contribution in [0.4, 0.5) is 0 Å². The zero-order valence-electron chi connectivity index (χ0n) is 13.9. The van der Waals surface area contributed by atoms with Gasteiger partial charge in [0.25, 0.3) is 0 Å². The van der Waals surface area contributed by atoms with Gasteiger partial charge in [-0.3, -0.25) is 0 Å². The number of pyridine rings is 1. The minimum Gasteiger partial charge on any atom is -0.476 e. The second-order valence-electron chi connectivity index (χ2n) is 6.04. The molecule has 4 heterocycles. The molecule has 134 valence electrons. The van der Waals surface area contributed by atoms with Gasteiger partial charge in [-0.15, -0.1) is 10.2 Å². The van der Waals surface area contributed by atoms with Gasteiger partial charge >= 0.3 is 5.97 Å². The molecular formula is C16H17N7O3. The fraction of sp³-hybridized carbons (Fsp3) is 0.375. The van der Waals surface area contributed by atoms with Crippen molar-refractivity contribution in [1.29, 1.82) is 0 Å². The summed E-state index contributed by atoms with van der Waals surface area (Å²) in [4.78, 5) is 15.2. The lowest BCUT2D eigenvalue weighted by Crippen LogP contribution is -2.20. The molecule has 0 aliphatic carbocycles. The summed E-state index contributed by atoms with van der Waals surface area (Å²) in [5.41, 5.74) is 1.59. The summed E-state index contributed by atoms with van der Waals surface area (Å²) in [6, 6.07) is 3.64. The van der Waals surface area contributed by atoms with Crippen molar-refractivity contribution < 1.29 is 14.6 Å². The molecule has 1 aliphatic rings. The zero-order chi connectivity index (χ0) is 17.9.